The molecule has 0 atom stereocenters. The van der Waals surface area contributed by atoms with Crippen LogP contribution in [0.5, 0.6) is 11.5 Å². The lowest BCUT2D eigenvalue weighted by molar-refractivity contribution is 0.474. The predicted molar refractivity (Wildman–Crippen MR) is 58.3 cm³/mol. The van der Waals surface area contributed by atoms with E-state index in [1.165, 1.54) is 0 Å². The molecule has 0 radical (unpaired) electrons. The van der Waals surface area contributed by atoms with Crippen molar-refractivity contribution in [1.82, 2.24) is 9.97 Å². The molecule has 2 heterocycles. The Kier molecular flexibility index (Phi) is 2.83. The van der Waals surface area contributed by atoms with Gasteiger partial charge in [-0.25, -0.2) is 0 Å². The van der Waals surface area contributed by atoms with Crippen molar-refractivity contribution in [2.24, 2.45) is 0 Å². The molecule has 3 nitrogen and oxygen atoms in total. The van der Waals surface area contributed by atoms with Crippen molar-refractivity contribution in [3.05, 3.63) is 47.5 Å². The lowest BCUT2D eigenvalue weighted by atomic mass is 10.3. The zero-order chi connectivity index (χ0) is 10.7. The van der Waals surface area contributed by atoms with Crippen molar-refractivity contribution in [3.8, 4) is 11.5 Å². The molecular formula is C11H9ClN2O. The van der Waals surface area contributed by atoms with E-state index < -0.39 is 0 Å². The minimum atomic E-state index is 0.535. The Morgan fingerprint density at radius 2 is 1.73 bits per heavy atom. The third kappa shape index (κ3) is 2.25. The fourth-order valence-electron chi connectivity index (χ4n) is 1.11. The van der Waals surface area contributed by atoms with E-state index in [9.17, 15) is 0 Å². The van der Waals surface area contributed by atoms with E-state index in [-0.39, 0.29) is 0 Å². The van der Waals surface area contributed by atoms with Gasteiger partial charge in [0.1, 0.15) is 5.75 Å². The summed E-state index contributed by atoms with van der Waals surface area (Å²) in [5.41, 5.74) is 1.00. The number of aryl methyl sites for hydroxylation is 1. The van der Waals surface area contributed by atoms with Crippen LogP contribution < -0.4 is 4.74 Å². The number of hydrogen-bond donors (Lipinski definition) is 0. The average Bonchev–Trinajstić information content (AvgIpc) is 2.24. The molecule has 2 aromatic rings. The highest BCUT2D eigenvalue weighted by molar-refractivity contribution is 6.32. The van der Waals surface area contributed by atoms with Crippen molar-refractivity contribution < 1.29 is 4.74 Å². The van der Waals surface area contributed by atoms with E-state index in [0.717, 1.165) is 5.56 Å². The second-order valence-corrected chi connectivity index (χ2v) is 3.46. The summed E-state index contributed by atoms with van der Waals surface area (Å²) in [5.74, 6) is 1.22. The zero-order valence-corrected chi connectivity index (χ0v) is 8.90. The summed E-state index contributed by atoms with van der Waals surface area (Å²) < 4.78 is 5.58. The number of hydrogen-bond acceptors (Lipinski definition) is 3. The fourth-order valence-corrected chi connectivity index (χ4v) is 1.26. The van der Waals surface area contributed by atoms with Crippen molar-refractivity contribution in [2.45, 2.75) is 6.92 Å². The van der Waals surface area contributed by atoms with Gasteiger partial charge < -0.3 is 4.74 Å². The molecule has 0 bridgehead atoms. The molecule has 0 saturated carbocycles. The summed E-state index contributed by atoms with van der Waals surface area (Å²) >= 11 is 5.94. The summed E-state index contributed by atoms with van der Waals surface area (Å²) in [6.07, 6.45) is 6.56. The number of ether oxygens (including phenoxy) is 1. The van der Waals surface area contributed by atoms with Gasteiger partial charge in [0.05, 0.1) is 17.4 Å². The van der Waals surface area contributed by atoms with Crippen molar-refractivity contribution in [1.29, 1.82) is 0 Å². The number of halogens is 1. The molecule has 0 saturated heterocycles. The fraction of sp³-hybridized carbons (Fsp3) is 0.0909. The molecule has 0 aliphatic carbocycles. The molecular weight excluding hydrogens is 212 g/mol. The standard InChI is InChI=1S/C11H9ClN2O/c1-8-2-4-13-6-10(8)15-11-7-14-5-3-9(11)12/h2-7H,1H3. The van der Waals surface area contributed by atoms with Crippen molar-refractivity contribution >= 4 is 11.6 Å². The van der Waals surface area contributed by atoms with E-state index >= 15 is 0 Å². The van der Waals surface area contributed by atoms with Crippen LogP contribution in [0.3, 0.4) is 0 Å². The van der Waals surface area contributed by atoms with E-state index in [2.05, 4.69) is 9.97 Å². The predicted octanol–water partition coefficient (Wildman–Crippen LogP) is 3.23. The lowest BCUT2D eigenvalue weighted by Crippen LogP contribution is -1.89. The average molecular weight is 221 g/mol. The zero-order valence-electron chi connectivity index (χ0n) is 8.14. The van der Waals surface area contributed by atoms with Crippen molar-refractivity contribution in [2.75, 3.05) is 0 Å². The molecule has 0 fully saturated rings. The molecule has 0 unspecified atom stereocenters. The van der Waals surface area contributed by atoms with Crippen LogP contribution in [0.25, 0.3) is 0 Å². The van der Waals surface area contributed by atoms with E-state index in [0.29, 0.717) is 16.5 Å². The van der Waals surface area contributed by atoms with E-state index in [4.69, 9.17) is 16.3 Å². The second kappa shape index (κ2) is 4.28. The van der Waals surface area contributed by atoms with Gasteiger partial charge in [-0.1, -0.05) is 11.6 Å². The van der Waals surface area contributed by atoms with Gasteiger partial charge in [0.2, 0.25) is 0 Å². The van der Waals surface area contributed by atoms with Gasteiger partial charge in [0, 0.05) is 12.4 Å². The van der Waals surface area contributed by atoms with Gasteiger partial charge in [-0.3, -0.25) is 9.97 Å². The van der Waals surface area contributed by atoms with Gasteiger partial charge in [0.15, 0.2) is 5.75 Å². The smallest absolute Gasteiger partial charge is 0.164 e. The molecule has 4 heteroatoms. The Morgan fingerprint density at radius 1 is 1.07 bits per heavy atom. The second-order valence-electron chi connectivity index (χ2n) is 3.05. The minimum absolute atomic E-state index is 0.535. The number of nitrogens with zero attached hydrogens (tertiary/aromatic N) is 2. The number of aromatic nitrogens is 2. The molecule has 15 heavy (non-hydrogen) atoms. The van der Waals surface area contributed by atoms with Crippen LogP contribution in [0.15, 0.2) is 36.9 Å². The SMILES string of the molecule is Cc1ccncc1Oc1cnccc1Cl. The van der Waals surface area contributed by atoms with Crippen LogP contribution in [0.1, 0.15) is 5.56 Å². The molecule has 76 valence electrons. The van der Waals surface area contributed by atoms with Gasteiger partial charge in [-0.15, -0.1) is 0 Å². The molecule has 2 rings (SSSR count). The number of pyridine rings is 2. The highest BCUT2D eigenvalue weighted by Gasteiger charge is 2.04. The van der Waals surface area contributed by atoms with Gasteiger partial charge in [-0.2, -0.15) is 0 Å². The third-order valence-electron chi connectivity index (χ3n) is 1.95. The van der Waals surface area contributed by atoms with Crippen LogP contribution >= 0.6 is 11.6 Å². The monoisotopic (exact) mass is 220 g/mol. The Balaban J connectivity index is 2.30. The molecule has 0 aliphatic rings. The summed E-state index contributed by atoms with van der Waals surface area (Å²) in [5, 5.41) is 0.535. The lowest BCUT2D eigenvalue weighted by Gasteiger charge is -2.08. The molecule has 0 amide bonds. The maximum Gasteiger partial charge on any atom is 0.164 e. The van der Waals surface area contributed by atoms with Crippen molar-refractivity contribution in [3.63, 3.8) is 0 Å². The Bertz CT molecular complexity index is 430. The molecule has 0 N–H and O–H groups in total. The van der Waals surface area contributed by atoms with Crippen LogP contribution in [0.2, 0.25) is 5.02 Å². The Morgan fingerprint density at radius 3 is 2.40 bits per heavy atom. The highest BCUT2D eigenvalue weighted by atomic mass is 35.5. The summed E-state index contributed by atoms with van der Waals surface area (Å²) in [7, 11) is 0. The number of rotatable bonds is 2. The van der Waals surface area contributed by atoms with Crippen LogP contribution in [-0.2, 0) is 0 Å². The van der Waals surface area contributed by atoms with Crippen LogP contribution in [-0.4, -0.2) is 9.97 Å². The van der Waals surface area contributed by atoms with Gasteiger partial charge in [-0.05, 0) is 24.6 Å². The Hall–Kier alpha value is -1.61. The quantitative estimate of drug-likeness (QED) is 0.780. The van der Waals surface area contributed by atoms with Crippen LogP contribution in [0.4, 0.5) is 0 Å². The van der Waals surface area contributed by atoms with Gasteiger partial charge >= 0.3 is 0 Å². The first kappa shape index (κ1) is 9.93. The van der Waals surface area contributed by atoms with E-state index in [1.807, 2.05) is 13.0 Å². The maximum absolute atomic E-state index is 5.94. The normalized spacial score (nSPS) is 10.0. The van der Waals surface area contributed by atoms with E-state index in [1.54, 1.807) is 30.9 Å². The minimum Gasteiger partial charge on any atom is -0.452 e. The maximum atomic E-state index is 5.94. The summed E-state index contributed by atoms with van der Waals surface area (Å²) in [6.45, 7) is 1.95. The first-order chi connectivity index (χ1) is 7.27. The van der Waals surface area contributed by atoms with Crippen LogP contribution in [0, 0.1) is 6.92 Å². The third-order valence-corrected chi connectivity index (χ3v) is 2.26. The molecule has 0 spiro atoms. The first-order valence-electron chi connectivity index (χ1n) is 4.45. The molecule has 0 aliphatic heterocycles. The Labute approximate surface area is 92.7 Å². The summed E-state index contributed by atoms with van der Waals surface area (Å²) in [4.78, 5) is 7.92. The largest absolute Gasteiger partial charge is 0.452 e. The van der Waals surface area contributed by atoms with Gasteiger partial charge in [0.25, 0.3) is 0 Å². The summed E-state index contributed by atoms with van der Waals surface area (Å²) in [6, 6.07) is 3.56. The first-order valence-corrected chi connectivity index (χ1v) is 4.83. The molecule has 0 aromatic carbocycles. The highest BCUT2D eigenvalue weighted by Crippen LogP contribution is 2.28. The topological polar surface area (TPSA) is 35.0 Å². The molecule has 2 aromatic heterocycles.